The van der Waals surface area contributed by atoms with Crippen molar-refractivity contribution in [2.24, 2.45) is 11.8 Å². The maximum absolute atomic E-state index is 13.5. The summed E-state index contributed by atoms with van der Waals surface area (Å²) in [6, 6.07) is 2.20. The molecule has 148 valence electrons. The van der Waals surface area contributed by atoms with Crippen molar-refractivity contribution in [2.45, 2.75) is 36.6 Å². The Kier molecular flexibility index (Phi) is 3.48. The molecule has 5 aliphatic heterocycles. The van der Waals surface area contributed by atoms with Gasteiger partial charge >= 0.3 is 0 Å². The smallest absolute Gasteiger partial charge is 0.229 e. The van der Waals surface area contributed by atoms with Crippen LogP contribution in [0, 0.1) is 11.8 Å². The summed E-state index contributed by atoms with van der Waals surface area (Å²) in [6.45, 7) is 2.65. The van der Waals surface area contributed by atoms with Crippen LogP contribution in [0.5, 0.6) is 0 Å². The molecule has 2 bridgehead atoms. The Hall–Kier alpha value is -1.70. The zero-order valence-corrected chi connectivity index (χ0v) is 16.7. The molecule has 0 N–H and O–H groups in total. The number of carbonyl (C=O) groups is 2. The van der Waals surface area contributed by atoms with Gasteiger partial charge in [0.1, 0.15) is 5.60 Å². The second kappa shape index (κ2) is 5.68. The number of piperidine rings is 1. The molecule has 5 aliphatic rings. The Morgan fingerprint density at radius 1 is 1.32 bits per heavy atom. The van der Waals surface area contributed by atoms with Crippen LogP contribution in [-0.2, 0) is 31.1 Å². The Balaban J connectivity index is 1.23. The molecule has 6 heterocycles. The van der Waals surface area contributed by atoms with Crippen molar-refractivity contribution in [2.75, 3.05) is 33.3 Å². The molecule has 1 aromatic heterocycles. The van der Waals surface area contributed by atoms with Gasteiger partial charge in [0, 0.05) is 31.4 Å². The highest BCUT2D eigenvalue weighted by atomic mass is 32.1. The number of amides is 2. The van der Waals surface area contributed by atoms with Crippen LogP contribution in [0.1, 0.15) is 23.3 Å². The minimum Gasteiger partial charge on any atom is -0.370 e. The summed E-state index contributed by atoms with van der Waals surface area (Å²) in [5.41, 5.74) is 0.500. The Labute approximate surface area is 168 Å². The van der Waals surface area contributed by atoms with Gasteiger partial charge in [0.25, 0.3) is 0 Å². The van der Waals surface area contributed by atoms with E-state index in [0.717, 1.165) is 25.9 Å². The third kappa shape index (κ3) is 2.10. The van der Waals surface area contributed by atoms with Crippen LogP contribution in [-0.4, -0.2) is 66.6 Å². The normalized spacial score (nSPS) is 37.6. The molecule has 1 aromatic rings. The SMILES string of the molecule is CN1C[C@]23C=C[C@H](O2)[C@H](C(=O)N2CCC4(CC2)OCCc2sccc24)[C@@H]3C1=O. The predicted molar refractivity (Wildman–Crippen MR) is 103 cm³/mol. The molecule has 28 heavy (non-hydrogen) atoms. The van der Waals surface area contributed by atoms with Gasteiger partial charge in [0.15, 0.2) is 0 Å². The number of nitrogens with zero attached hydrogens (tertiary/aromatic N) is 2. The van der Waals surface area contributed by atoms with Crippen LogP contribution in [0.3, 0.4) is 0 Å². The van der Waals surface area contributed by atoms with E-state index < -0.39 is 5.60 Å². The van der Waals surface area contributed by atoms with Crippen LogP contribution in [0.2, 0.25) is 0 Å². The molecule has 0 radical (unpaired) electrons. The number of ether oxygens (including phenoxy) is 2. The number of likely N-dealkylation sites (tertiary alicyclic amines) is 2. The van der Waals surface area contributed by atoms with Gasteiger partial charge < -0.3 is 19.3 Å². The summed E-state index contributed by atoms with van der Waals surface area (Å²) in [5, 5.41) is 2.15. The van der Waals surface area contributed by atoms with Crippen LogP contribution in [0.4, 0.5) is 0 Å². The van der Waals surface area contributed by atoms with Gasteiger partial charge in [-0.1, -0.05) is 12.2 Å². The second-order valence-electron chi connectivity index (χ2n) is 8.77. The van der Waals surface area contributed by atoms with Crippen LogP contribution < -0.4 is 0 Å². The number of thiophene rings is 1. The summed E-state index contributed by atoms with van der Waals surface area (Å²) in [4.78, 5) is 31.3. The molecule has 6 rings (SSSR count). The maximum Gasteiger partial charge on any atom is 0.229 e. The molecule has 7 heteroatoms. The van der Waals surface area contributed by atoms with E-state index in [1.165, 1.54) is 10.4 Å². The molecule has 0 saturated carbocycles. The lowest BCUT2D eigenvalue weighted by atomic mass is 9.76. The molecule has 0 aliphatic carbocycles. The molecule has 0 aromatic carbocycles. The third-order valence-corrected chi connectivity index (χ3v) is 8.38. The highest BCUT2D eigenvalue weighted by molar-refractivity contribution is 7.10. The van der Waals surface area contributed by atoms with Crippen molar-refractivity contribution in [1.29, 1.82) is 0 Å². The fourth-order valence-corrected chi connectivity index (χ4v) is 6.99. The quantitative estimate of drug-likeness (QED) is 0.671. The molecule has 3 fully saturated rings. The lowest BCUT2D eigenvalue weighted by Crippen LogP contribution is -2.52. The minimum absolute atomic E-state index is 0.0391. The zero-order chi connectivity index (χ0) is 19.1. The van der Waals surface area contributed by atoms with Gasteiger partial charge in [-0.15, -0.1) is 11.3 Å². The highest BCUT2D eigenvalue weighted by Gasteiger charge is 2.66. The van der Waals surface area contributed by atoms with Crippen molar-refractivity contribution >= 4 is 23.2 Å². The summed E-state index contributed by atoms with van der Waals surface area (Å²) in [7, 11) is 1.80. The number of fused-ring (bicyclic) bond motifs is 3. The molecule has 3 saturated heterocycles. The van der Waals surface area contributed by atoms with Gasteiger partial charge in [-0.2, -0.15) is 0 Å². The fraction of sp³-hybridized carbons (Fsp3) is 0.619. The molecule has 2 amide bonds. The predicted octanol–water partition coefficient (Wildman–Crippen LogP) is 1.55. The first kappa shape index (κ1) is 17.2. The standard InChI is InChI=1S/C21H24N2O4S/c1-22-12-21-5-2-14(27-21)16(17(21)19(22)25)18(24)23-8-6-20(7-9-23)13-4-11-28-15(13)3-10-26-20/h2,4-5,11,14,16-17H,3,6-10,12H2,1H3/t14-,16-,17+,21-/m0/s1. The first-order valence-electron chi connectivity index (χ1n) is 10.1. The Morgan fingerprint density at radius 2 is 2.14 bits per heavy atom. The van der Waals surface area contributed by atoms with Crippen molar-refractivity contribution in [3.8, 4) is 0 Å². The first-order chi connectivity index (χ1) is 13.5. The van der Waals surface area contributed by atoms with Crippen molar-refractivity contribution in [3.05, 3.63) is 34.0 Å². The number of likely N-dealkylation sites (N-methyl/N-ethyl adjacent to an activating group) is 1. The number of hydrogen-bond acceptors (Lipinski definition) is 5. The first-order valence-corrected chi connectivity index (χ1v) is 11.0. The Morgan fingerprint density at radius 3 is 2.96 bits per heavy atom. The zero-order valence-electron chi connectivity index (χ0n) is 15.9. The molecule has 4 atom stereocenters. The summed E-state index contributed by atoms with van der Waals surface area (Å²) in [5.74, 6) is -0.649. The van der Waals surface area contributed by atoms with E-state index in [9.17, 15) is 9.59 Å². The Bertz CT molecular complexity index is 887. The van der Waals surface area contributed by atoms with E-state index in [4.69, 9.17) is 9.47 Å². The maximum atomic E-state index is 13.5. The second-order valence-corrected chi connectivity index (χ2v) is 9.77. The van der Waals surface area contributed by atoms with Crippen molar-refractivity contribution in [1.82, 2.24) is 9.80 Å². The lowest BCUT2D eigenvalue weighted by molar-refractivity contribution is -0.149. The lowest BCUT2D eigenvalue weighted by Gasteiger charge is -2.45. The molecular formula is C21H24N2O4S. The molecule has 2 spiro atoms. The summed E-state index contributed by atoms with van der Waals surface area (Å²) in [6.07, 6.45) is 6.36. The van der Waals surface area contributed by atoms with Gasteiger partial charge in [-0.05, 0) is 29.9 Å². The number of carbonyl (C=O) groups excluding carboxylic acids is 2. The van der Waals surface area contributed by atoms with E-state index in [1.807, 2.05) is 28.4 Å². The molecule has 0 unspecified atom stereocenters. The number of rotatable bonds is 1. The van der Waals surface area contributed by atoms with E-state index in [0.29, 0.717) is 19.6 Å². The van der Waals surface area contributed by atoms with Crippen LogP contribution >= 0.6 is 11.3 Å². The van der Waals surface area contributed by atoms with Gasteiger partial charge in [-0.3, -0.25) is 9.59 Å². The van der Waals surface area contributed by atoms with Crippen LogP contribution in [0.25, 0.3) is 0 Å². The third-order valence-electron chi connectivity index (χ3n) is 7.40. The average molecular weight is 401 g/mol. The minimum atomic E-state index is -0.591. The largest absolute Gasteiger partial charge is 0.370 e. The average Bonchev–Trinajstić information content (AvgIpc) is 3.44. The summed E-state index contributed by atoms with van der Waals surface area (Å²) < 4.78 is 12.4. The monoisotopic (exact) mass is 400 g/mol. The van der Waals surface area contributed by atoms with Crippen molar-refractivity contribution in [3.63, 3.8) is 0 Å². The van der Waals surface area contributed by atoms with Gasteiger partial charge in [-0.25, -0.2) is 0 Å². The fourth-order valence-electron chi connectivity index (χ4n) is 6.04. The van der Waals surface area contributed by atoms with Gasteiger partial charge in [0.05, 0.1) is 36.7 Å². The van der Waals surface area contributed by atoms with E-state index >= 15 is 0 Å². The molecular weight excluding hydrogens is 376 g/mol. The van der Waals surface area contributed by atoms with E-state index in [2.05, 4.69) is 11.4 Å². The van der Waals surface area contributed by atoms with E-state index in [-0.39, 0.29) is 35.4 Å². The van der Waals surface area contributed by atoms with Crippen LogP contribution in [0.15, 0.2) is 23.6 Å². The van der Waals surface area contributed by atoms with E-state index in [1.54, 1.807) is 11.9 Å². The summed E-state index contributed by atoms with van der Waals surface area (Å²) >= 11 is 1.81. The van der Waals surface area contributed by atoms with Gasteiger partial charge in [0.2, 0.25) is 11.8 Å². The highest BCUT2D eigenvalue weighted by Crippen LogP contribution is 2.52. The topological polar surface area (TPSA) is 59.1 Å². The van der Waals surface area contributed by atoms with Crippen molar-refractivity contribution < 1.29 is 19.1 Å². The molecule has 6 nitrogen and oxygen atoms in total. The number of hydrogen-bond donors (Lipinski definition) is 0.